The molecule has 0 spiro atoms. The Morgan fingerprint density at radius 2 is 1.93 bits per heavy atom. The summed E-state index contributed by atoms with van der Waals surface area (Å²) in [5, 5.41) is 9.27. The van der Waals surface area contributed by atoms with Gasteiger partial charge in [0.05, 0.1) is 11.9 Å². The summed E-state index contributed by atoms with van der Waals surface area (Å²) < 4.78 is 0. The zero-order valence-electron chi connectivity index (χ0n) is 18.0. The minimum Gasteiger partial charge on any atom is -0.357 e. The van der Waals surface area contributed by atoms with Gasteiger partial charge in [-0.2, -0.15) is 0 Å². The molecule has 1 aromatic heterocycles. The van der Waals surface area contributed by atoms with Gasteiger partial charge in [0.1, 0.15) is 6.54 Å². The van der Waals surface area contributed by atoms with E-state index >= 15 is 0 Å². The van der Waals surface area contributed by atoms with E-state index in [9.17, 15) is 4.79 Å². The highest BCUT2D eigenvalue weighted by molar-refractivity contribution is 14.0. The van der Waals surface area contributed by atoms with E-state index < -0.39 is 0 Å². The van der Waals surface area contributed by atoms with Gasteiger partial charge in [0.2, 0.25) is 5.91 Å². The quantitative estimate of drug-likeness (QED) is 0.253. The first-order chi connectivity index (χ1) is 14.1. The molecule has 0 aliphatic rings. The van der Waals surface area contributed by atoms with Crippen molar-refractivity contribution in [1.29, 1.82) is 0 Å². The van der Waals surface area contributed by atoms with Crippen LogP contribution in [0.1, 0.15) is 25.8 Å². The number of amides is 1. The molecule has 0 fully saturated rings. The largest absolute Gasteiger partial charge is 0.357 e. The summed E-state index contributed by atoms with van der Waals surface area (Å²) in [6.07, 6.45) is 4.24. The van der Waals surface area contributed by atoms with Crippen molar-refractivity contribution < 1.29 is 4.79 Å². The van der Waals surface area contributed by atoms with Crippen LogP contribution >= 0.6 is 24.0 Å². The number of nitrogens with zero attached hydrogens (tertiary/aromatic N) is 3. The number of anilines is 1. The van der Waals surface area contributed by atoms with Gasteiger partial charge in [-0.3, -0.25) is 14.7 Å². The molecular formula is C22H33IN6O. The number of carbonyl (C=O) groups excluding carboxylic acids is 1. The summed E-state index contributed by atoms with van der Waals surface area (Å²) in [5.41, 5.74) is 1.98. The molecule has 0 saturated carbocycles. The molecule has 0 bridgehead atoms. The van der Waals surface area contributed by atoms with Gasteiger partial charge < -0.3 is 16.0 Å². The van der Waals surface area contributed by atoms with E-state index in [1.54, 1.807) is 24.5 Å². The van der Waals surface area contributed by atoms with Crippen LogP contribution in [0.15, 0.2) is 59.9 Å². The minimum absolute atomic E-state index is 0. The normalized spacial score (nSPS) is 12.1. The fourth-order valence-electron chi connectivity index (χ4n) is 2.78. The Bertz CT molecular complexity index is 757. The van der Waals surface area contributed by atoms with Crippen molar-refractivity contribution in [1.82, 2.24) is 20.5 Å². The third-order valence-corrected chi connectivity index (χ3v) is 4.55. The predicted molar refractivity (Wildman–Crippen MR) is 134 cm³/mol. The van der Waals surface area contributed by atoms with Crippen LogP contribution in [0, 0.1) is 0 Å². The molecule has 164 valence electrons. The first-order valence-corrected chi connectivity index (χ1v) is 10.0. The van der Waals surface area contributed by atoms with Crippen molar-refractivity contribution in [2.75, 3.05) is 32.0 Å². The van der Waals surface area contributed by atoms with Crippen LogP contribution < -0.4 is 16.0 Å². The molecule has 1 heterocycles. The van der Waals surface area contributed by atoms with Gasteiger partial charge >= 0.3 is 0 Å². The number of pyridine rings is 1. The fraction of sp³-hybridized carbons (Fsp3) is 0.409. The van der Waals surface area contributed by atoms with Crippen molar-refractivity contribution in [2.45, 2.75) is 32.9 Å². The monoisotopic (exact) mass is 524 g/mol. The number of nitrogens with one attached hydrogen (secondary N) is 3. The van der Waals surface area contributed by atoms with E-state index in [1.165, 1.54) is 5.56 Å². The number of aliphatic imine (C=N–C) groups is 1. The molecule has 0 radical (unpaired) electrons. The maximum atomic E-state index is 12.1. The molecule has 0 aliphatic carbocycles. The molecular weight excluding hydrogens is 491 g/mol. The molecule has 0 saturated heterocycles. The topological polar surface area (TPSA) is 81.6 Å². The Hall–Kier alpha value is -2.20. The van der Waals surface area contributed by atoms with E-state index in [0.717, 1.165) is 26.1 Å². The van der Waals surface area contributed by atoms with Gasteiger partial charge in [-0.25, -0.2) is 4.99 Å². The summed E-state index contributed by atoms with van der Waals surface area (Å²) in [5.74, 6) is 0.470. The third-order valence-electron chi connectivity index (χ3n) is 4.55. The van der Waals surface area contributed by atoms with Crippen molar-refractivity contribution in [3.05, 3.63) is 60.4 Å². The van der Waals surface area contributed by atoms with E-state index in [0.29, 0.717) is 17.7 Å². The second kappa shape index (κ2) is 14.7. The molecule has 2 aromatic rings. The van der Waals surface area contributed by atoms with Crippen LogP contribution in [0.4, 0.5) is 5.69 Å². The van der Waals surface area contributed by atoms with Crippen LogP contribution in [-0.2, 0) is 11.3 Å². The highest BCUT2D eigenvalue weighted by Gasteiger charge is 2.10. The second-order valence-electron chi connectivity index (χ2n) is 6.95. The van der Waals surface area contributed by atoms with Gasteiger partial charge in [-0.15, -0.1) is 24.0 Å². The van der Waals surface area contributed by atoms with Crippen LogP contribution in [0.3, 0.4) is 0 Å². The number of benzene rings is 1. The molecule has 1 unspecified atom stereocenters. The summed E-state index contributed by atoms with van der Waals surface area (Å²) in [7, 11) is 2.14. The number of guanidine groups is 1. The first kappa shape index (κ1) is 25.8. The average Bonchev–Trinajstić information content (AvgIpc) is 2.73. The Morgan fingerprint density at radius 3 is 2.60 bits per heavy atom. The lowest BCUT2D eigenvalue weighted by atomic mass is 10.1. The number of rotatable bonds is 10. The van der Waals surface area contributed by atoms with Crippen molar-refractivity contribution in [3.63, 3.8) is 0 Å². The fourth-order valence-corrected chi connectivity index (χ4v) is 2.78. The van der Waals surface area contributed by atoms with Crippen LogP contribution in [0.5, 0.6) is 0 Å². The number of hydrogen-bond acceptors (Lipinski definition) is 4. The molecule has 0 aliphatic heterocycles. The lowest BCUT2D eigenvalue weighted by Gasteiger charge is -2.25. The SMILES string of the molecule is CCNC(=NCC(=O)Nc1cccnc1)NCCC(C)N(C)Cc1ccccc1.I. The highest BCUT2D eigenvalue weighted by Crippen LogP contribution is 2.08. The van der Waals surface area contributed by atoms with Gasteiger partial charge in [-0.1, -0.05) is 30.3 Å². The Labute approximate surface area is 196 Å². The van der Waals surface area contributed by atoms with Crippen LogP contribution in [0.25, 0.3) is 0 Å². The van der Waals surface area contributed by atoms with Crippen molar-refractivity contribution >= 4 is 41.5 Å². The molecule has 1 amide bonds. The summed E-state index contributed by atoms with van der Waals surface area (Å²) in [4.78, 5) is 22.7. The summed E-state index contributed by atoms with van der Waals surface area (Å²) in [6, 6.07) is 14.5. The lowest BCUT2D eigenvalue weighted by Crippen LogP contribution is -2.40. The predicted octanol–water partition coefficient (Wildman–Crippen LogP) is 3.10. The molecule has 3 N–H and O–H groups in total. The molecule has 1 aromatic carbocycles. The number of carbonyl (C=O) groups is 1. The summed E-state index contributed by atoms with van der Waals surface area (Å²) in [6.45, 7) is 6.70. The number of hydrogen-bond donors (Lipinski definition) is 3. The molecule has 8 heteroatoms. The maximum Gasteiger partial charge on any atom is 0.246 e. The molecule has 1 atom stereocenters. The molecule has 2 rings (SSSR count). The van der Waals surface area contributed by atoms with E-state index in [4.69, 9.17) is 0 Å². The van der Waals surface area contributed by atoms with E-state index in [2.05, 4.69) is 69.1 Å². The zero-order chi connectivity index (χ0) is 20.9. The van der Waals surface area contributed by atoms with Gasteiger partial charge in [0, 0.05) is 31.9 Å². The highest BCUT2D eigenvalue weighted by atomic mass is 127. The smallest absolute Gasteiger partial charge is 0.246 e. The minimum atomic E-state index is -0.175. The zero-order valence-corrected chi connectivity index (χ0v) is 20.3. The average molecular weight is 524 g/mol. The first-order valence-electron chi connectivity index (χ1n) is 10.0. The van der Waals surface area contributed by atoms with Gasteiger partial charge in [-0.05, 0) is 45.0 Å². The molecule has 7 nitrogen and oxygen atoms in total. The Morgan fingerprint density at radius 1 is 1.17 bits per heavy atom. The lowest BCUT2D eigenvalue weighted by molar-refractivity contribution is -0.114. The summed E-state index contributed by atoms with van der Waals surface area (Å²) >= 11 is 0. The second-order valence-corrected chi connectivity index (χ2v) is 6.95. The standard InChI is InChI=1S/C22H32N6O.HI/c1-4-24-22(26-16-21(29)27-20-11-8-13-23-15-20)25-14-12-18(2)28(3)17-19-9-6-5-7-10-19;/h5-11,13,15,18H,4,12,14,16-17H2,1-3H3,(H,27,29)(H2,24,25,26);1H. The van der Waals surface area contributed by atoms with E-state index in [1.807, 2.05) is 13.0 Å². The molecule has 30 heavy (non-hydrogen) atoms. The van der Waals surface area contributed by atoms with Gasteiger partial charge in [0.15, 0.2) is 5.96 Å². The third kappa shape index (κ3) is 10.0. The van der Waals surface area contributed by atoms with Crippen molar-refractivity contribution in [2.24, 2.45) is 4.99 Å². The maximum absolute atomic E-state index is 12.1. The van der Waals surface area contributed by atoms with Gasteiger partial charge in [0.25, 0.3) is 0 Å². The van der Waals surface area contributed by atoms with E-state index in [-0.39, 0.29) is 36.4 Å². The number of halogens is 1. The Balaban J connectivity index is 0.00000450. The van der Waals surface area contributed by atoms with Crippen molar-refractivity contribution in [3.8, 4) is 0 Å². The number of aromatic nitrogens is 1. The van der Waals surface area contributed by atoms with Crippen LogP contribution in [0.2, 0.25) is 0 Å². The van der Waals surface area contributed by atoms with Crippen LogP contribution in [-0.4, -0.2) is 54.5 Å². The Kier molecular flexibility index (Phi) is 12.7.